The van der Waals surface area contributed by atoms with Crippen molar-refractivity contribution in [3.63, 3.8) is 0 Å². The molecule has 0 aliphatic rings. The highest BCUT2D eigenvalue weighted by atomic mass is 32.1. The Labute approximate surface area is 145 Å². The van der Waals surface area contributed by atoms with E-state index in [1.54, 1.807) is 17.6 Å². The molecular formula is C19H19N3OS. The Kier molecular flexibility index (Phi) is 5.01. The summed E-state index contributed by atoms with van der Waals surface area (Å²) in [4.78, 5) is 17.2. The van der Waals surface area contributed by atoms with Gasteiger partial charge >= 0.3 is 0 Å². The number of carbonyl (C=O) groups is 1. The maximum atomic E-state index is 12.6. The normalized spacial score (nSPS) is 11.5. The van der Waals surface area contributed by atoms with E-state index in [-0.39, 0.29) is 5.91 Å². The lowest BCUT2D eigenvalue weighted by molar-refractivity contribution is 0.0956. The summed E-state index contributed by atoms with van der Waals surface area (Å²) in [6.07, 6.45) is 2.48. The Bertz CT molecular complexity index is 869. The van der Waals surface area contributed by atoms with Crippen LogP contribution in [0.4, 0.5) is 0 Å². The molecule has 0 bridgehead atoms. The Morgan fingerprint density at radius 1 is 1.33 bits per heavy atom. The van der Waals surface area contributed by atoms with E-state index in [4.69, 9.17) is 0 Å². The number of amides is 1. The van der Waals surface area contributed by atoms with Crippen molar-refractivity contribution >= 4 is 34.4 Å². The molecule has 0 saturated heterocycles. The van der Waals surface area contributed by atoms with Crippen molar-refractivity contribution in [1.29, 1.82) is 0 Å². The molecule has 2 aromatic heterocycles. The fourth-order valence-corrected chi connectivity index (χ4v) is 3.13. The summed E-state index contributed by atoms with van der Waals surface area (Å²) in [6.45, 7) is 4.28. The van der Waals surface area contributed by atoms with Crippen molar-refractivity contribution in [3.05, 3.63) is 64.0 Å². The summed E-state index contributed by atoms with van der Waals surface area (Å²) in [5.74, 6) is 0.260. The minimum atomic E-state index is -0.218. The number of rotatable bonds is 5. The third-order valence-electron chi connectivity index (χ3n) is 3.55. The molecule has 0 fully saturated rings. The van der Waals surface area contributed by atoms with Gasteiger partial charge in [0.05, 0.1) is 17.3 Å². The van der Waals surface area contributed by atoms with Crippen LogP contribution in [0.5, 0.6) is 0 Å². The second-order valence-electron chi connectivity index (χ2n) is 6.03. The van der Waals surface area contributed by atoms with E-state index < -0.39 is 0 Å². The van der Waals surface area contributed by atoms with Gasteiger partial charge in [0.15, 0.2) is 0 Å². The summed E-state index contributed by atoms with van der Waals surface area (Å²) >= 11 is 1.59. The molecule has 3 rings (SSSR count). The molecule has 1 amide bonds. The van der Waals surface area contributed by atoms with Crippen LogP contribution in [0.15, 0.2) is 52.3 Å². The van der Waals surface area contributed by atoms with Crippen LogP contribution in [-0.2, 0) is 6.42 Å². The molecule has 24 heavy (non-hydrogen) atoms. The highest BCUT2D eigenvalue weighted by Crippen LogP contribution is 2.20. The Hall–Kier alpha value is -2.53. The lowest BCUT2D eigenvalue weighted by Crippen LogP contribution is -2.18. The van der Waals surface area contributed by atoms with Crippen LogP contribution < -0.4 is 5.43 Å². The predicted molar refractivity (Wildman–Crippen MR) is 99.7 cm³/mol. The number of aromatic nitrogens is 1. The molecule has 0 spiro atoms. The van der Waals surface area contributed by atoms with Gasteiger partial charge in [0.25, 0.3) is 5.91 Å². The van der Waals surface area contributed by atoms with Gasteiger partial charge in [-0.1, -0.05) is 32.0 Å². The fourth-order valence-electron chi connectivity index (χ4n) is 2.52. The summed E-state index contributed by atoms with van der Waals surface area (Å²) in [5, 5.41) is 8.83. The molecule has 5 heteroatoms. The van der Waals surface area contributed by atoms with Gasteiger partial charge in [-0.2, -0.15) is 16.4 Å². The first kappa shape index (κ1) is 16.3. The van der Waals surface area contributed by atoms with Gasteiger partial charge in [0.2, 0.25) is 0 Å². The number of carbonyl (C=O) groups excluding carboxylic acids is 1. The smallest absolute Gasteiger partial charge is 0.267 e. The van der Waals surface area contributed by atoms with Crippen LogP contribution in [0.3, 0.4) is 0 Å². The third kappa shape index (κ3) is 3.86. The van der Waals surface area contributed by atoms with E-state index in [1.165, 1.54) is 0 Å². The number of para-hydroxylation sites is 1. The highest BCUT2D eigenvalue weighted by molar-refractivity contribution is 7.08. The molecule has 3 aromatic rings. The molecular weight excluding hydrogens is 318 g/mol. The predicted octanol–water partition coefficient (Wildman–Crippen LogP) is 4.26. The summed E-state index contributed by atoms with van der Waals surface area (Å²) in [6, 6.07) is 11.5. The average molecular weight is 337 g/mol. The van der Waals surface area contributed by atoms with Crippen LogP contribution in [0.25, 0.3) is 10.9 Å². The fraction of sp³-hybridized carbons (Fsp3) is 0.211. The topological polar surface area (TPSA) is 54.4 Å². The van der Waals surface area contributed by atoms with E-state index in [2.05, 4.69) is 29.4 Å². The number of hydrazone groups is 1. The molecule has 0 unspecified atom stereocenters. The minimum Gasteiger partial charge on any atom is -0.267 e. The number of thiophene rings is 1. The van der Waals surface area contributed by atoms with Gasteiger partial charge in [-0.15, -0.1) is 0 Å². The summed E-state index contributed by atoms with van der Waals surface area (Å²) in [7, 11) is 0. The summed E-state index contributed by atoms with van der Waals surface area (Å²) in [5.41, 5.74) is 5.96. The number of hydrogen-bond donors (Lipinski definition) is 1. The van der Waals surface area contributed by atoms with Gasteiger partial charge in [-0.3, -0.25) is 9.78 Å². The van der Waals surface area contributed by atoms with Crippen molar-refractivity contribution in [1.82, 2.24) is 10.4 Å². The highest BCUT2D eigenvalue weighted by Gasteiger charge is 2.13. The van der Waals surface area contributed by atoms with Gasteiger partial charge in [0, 0.05) is 16.6 Å². The zero-order valence-electron chi connectivity index (χ0n) is 13.7. The SMILES string of the molecule is CC(C)Cc1cc(C(=O)N/N=C\c2ccsc2)c2ccccc2n1. The Morgan fingerprint density at radius 2 is 2.17 bits per heavy atom. The molecule has 2 heterocycles. The molecule has 122 valence electrons. The van der Waals surface area contributed by atoms with Gasteiger partial charge in [-0.25, -0.2) is 5.43 Å². The quantitative estimate of drug-likeness (QED) is 0.559. The first-order valence-corrected chi connectivity index (χ1v) is 8.82. The van der Waals surface area contributed by atoms with E-state index in [1.807, 2.05) is 47.2 Å². The maximum absolute atomic E-state index is 12.6. The van der Waals surface area contributed by atoms with E-state index in [0.29, 0.717) is 11.5 Å². The molecule has 1 N–H and O–H groups in total. The molecule has 4 nitrogen and oxygen atoms in total. The molecule has 1 aromatic carbocycles. The monoisotopic (exact) mass is 337 g/mol. The van der Waals surface area contributed by atoms with E-state index in [0.717, 1.165) is 28.6 Å². The maximum Gasteiger partial charge on any atom is 0.272 e. The van der Waals surface area contributed by atoms with Gasteiger partial charge < -0.3 is 0 Å². The second-order valence-corrected chi connectivity index (χ2v) is 6.81. The molecule has 0 radical (unpaired) electrons. The Balaban J connectivity index is 1.89. The van der Waals surface area contributed by atoms with Gasteiger partial charge in [0.1, 0.15) is 0 Å². The molecule has 0 aliphatic heterocycles. The number of benzene rings is 1. The van der Waals surface area contributed by atoms with Crippen molar-refractivity contribution in [3.8, 4) is 0 Å². The second kappa shape index (κ2) is 7.36. The molecule has 0 atom stereocenters. The van der Waals surface area contributed by atoms with Crippen molar-refractivity contribution < 1.29 is 4.79 Å². The number of nitrogens with one attached hydrogen (secondary N) is 1. The van der Waals surface area contributed by atoms with E-state index in [9.17, 15) is 4.79 Å². The lowest BCUT2D eigenvalue weighted by Gasteiger charge is -2.10. The van der Waals surface area contributed by atoms with Crippen LogP contribution in [0.2, 0.25) is 0 Å². The molecule has 0 aliphatic carbocycles. The average Bonchev–Trinajstić information content (AvgIpc) is 3.06. The number of fused-ring (bicyclic) bond motifs is 1. The zero-order valence-corrected chi connectivity index (χ0v) is 14.5. The van der Waals surface area contributed by atoms with Crippen molar-refractivity contribution in [2.45, 2.75) is 20.3 Å². The molecule has 0 saturated carbocycles. The number of pyridine rings is 1. The van der Waals surface area contributed by atoms with Crippen LogP contribution >= 0.6 is 11.3 Å². The number of nitrogens with zero attached hydrogens (tertiary/aromatic N) is 2. The Morgan fingerprint density at radius 3 is 2.92 bits per heavy atom. The van der Waals surface area contributed by atoms with Gasteiger partial charge in [-0.05, 0) is 41.3 Å². The van der Waals surface area contributed by atoms with Crippen LogP contribution in [-0.4, -0.2) is 17.1 Å². The number of hydrogen-bond acceptors (Lipinski definition) is 4. The standard InChI is InChI=1S/C19H19N3OS/c1-13(2)9-15-10-17(16-5-3-4-6-18(16)21-15)19(23)22-20-11-14-7-8-24-12-14/h3-8,10-13H,9H2,1-2H3,(H,22,23)/b20-11-. The largest absolute Gasteiger partial charge is 0.272 e. The first-order valence-electron chi connectivity index (χ1n) is 7.88. The first-order chi connectivity index (χ1) is 11.6. The lowest BCUT2D eigenvalue weighted by atomic mass is 10.0. The van der Waals surface area contributed by atoms with Crippen molar-refractivity contribution in [2.75, 3.05) is 0 Å². The van der Waals surface area contributed by atoms with Crippen LogP contribution in [0, 0.1) is 5.92 Å². The van der Waals surface area contributed by atoms with Crippen LogP contribution in [0.1, 0.15) is 35.5 Å². The zero-order chi connectivity index (χ0) is 16.9. The van der Waals surface area contributed by atoms with Crippen molar-refractivity contribution in [2.24, 2.45) is 11.0 Å². The third-order valence-corrected chi connectivity index (χ3v) is 4.26. The van der Waals surface area contributed by atoms with E-state index >= 15 is 0 Å². The minimum absolute atomic E-state index is 0.218. The summed E-state index contributed by atoms with van der Waals surface area (Å²) < 4.78 is 0.